The minimum Gasteiger partial charge on any atom is -0.383 e. The molecule has 6 nitrogen and oxygen atoms in total. The quantitative estimate of drug-likeness (QED) is 0.634. The molecular formula is C19H22FN3O3. The lowest BCUT2D eigenvalue weighted by Gasteiger charge is -2.09. The number of carbonyl (C=O) groups is 2. The number of methoxy groups -OCH3 is 1. The van der Waals surface area contributed by atoms with E-state index in [0.29, 0.717) is 25.4 Å². The molecule has 3 amide bonds. The number of carbonyl (C=O) groups excluding carboxylic acids is 2. The zero-order chi connectivity index (χ0) is 18.8. The third-order valence-corrected chi connectivity index (χ3v) is 3.57. The molecule has 0 atom stereocenters. The average Bonchev–Trinajstić information content (AvgIpc) is 2.63. The zero-order valence-corrected chi connectivity index (χ0v) is 14.5. The molecule has 0 bridgehead atoms. The minimum atomic E-state index is -0.362. The highest BCUT2D eigenvalue weighted by molar-refractivity contribution is 5.89. The van der Waals surface area contributed by atoms with Crippen LogP contribution in [0.3, 0.4) is 0 Å². The summed E-state index contributed by atoms with van der Waals surface area (Å²) >= 11 is 0. The second-order valence-electron chi connectivity index (χ2n) is 5.65. The summed E-state index contributed by atoms with van der Waals surface area (Å²) in [5, 5.41) is 8.15. The van der Waals surface area contributed by atoms with E-state index < -0.39 is 0 Å². The largest absolute Gasteiger partial charge is 0.383 e. The number of hydrogen-bond acceptors (Lipinski definition) is 3. The van der Waals surface area contributed by atoms with Gasteiger partial charge in [0, 0.05) is 25.9 Å². The molecule has 0 aliphatic heterocycles. The van der Waals surface area contributed by atoms with Crippen LogP contribution in [0.5, 0.6) is 0 Å². The summed E-state index contributed by atoms with van der Waals surface area (Å²) in [6.07, 6.45) is 0.265. The Morgan fingerprint density at radius 3 is 2.27 bits per heavy atom. The molecule has 0 saturated heterocycles. The Morgan fingerprint density at radius 1 is 0.962 bits per heavy atom. The highest BCUT2D eigenvalue weighted by Crippen LogP contribution is 2.10. The summed E-state index contributed by atoms with van der Waals surface area (Å²) in [7, 11) is 1.58. The second kappa shape index (κ2) is 10.1. The fourth-order valence-corrected chi connectivity index (χ4v) is 2.21. The Morgan fingerprint density at radius 2 is 1.62 bits per heavy atom. The van der Waals surface area contributed by atoms with Crippen molar-refractivity contribution in [2.45, 2.75) is 13.0 Å². The molecule has 0 unspecified atom stereocenters. The van der Waals surface area contributed by atoms with Crippen molar-refractivity contribution < 1.29 is 18.7 Å². The lowest BCUT2D eigenvalue weighted by atomic mass is 10.1. The van der Waals surface area contributed by atoms with Gasteiger partial charge < -0.3 is 20.7 Å². The van der Waals surface area contributed by atoms with E-state index in [1.807, 2.05) is 0 Å². The zero-order valence-electron chi connectivity index (χ0n) is 14.5. The Hall–Kier alpha value is -2.93. The van der Waals surface area contributed by atoms with Gasteiger partial charge in [-0.1, -0.05) is 24.3 Å². The first-order chi connectivity index (χ1) is 12.6. The van der Waals surface area contributed by atoms with Crippen molar-refractivity contribution in [1.29, 1.82) is 0 Å². The Kier molecular flexibility index (Phi) is 7.57. The molecule has 0 spiro atoms. The average molecular weight is 359 g/mol. The molecule has 3 N–H and O–H groups in total. The fraction of sp³-hybridized carbons (Fsp3) is 0.263. The molecule has 0 aromatic heterocycles. The standard InChI is InChI=1S/C19H22FN3O3/c1-26-11-10-21-18(24)12-14-4-8-17(9-5-14)23-19(25)22-13-15-2-6-16(20)7-3-15/h2-9H,10-13H2,1H3,(H,21,24)(H2,22,23,25). The summed E-state index contributed by atoms with van der Waals surface area (Å²) in [6, 6.07) is 12.6. The van der Waals surface area contributed by atoms with Crippen LogP contribution in [0.15, 0.2) is 48.5 Å². The molecule has 2 aromatic rings. The monoisotopic (exact) mass is 359 g/mol. The molecule has 2 rings (SSSR count). The van der Waals surface area contributed by atoms with Crippen molar-refractivity contribution in [3.63, 3.8) is 0 Å². The number of anilines is 1. The molecule has 0 aliphatic carbocycles. The predicted octanol–water partition coefficient (Wildman–Crippen LogP) is 2.45. The molecule has 7 heteroatoms. The summed E-state index contributed by atoms with van der Waals surface area (Å²) < 4.78 is 17.7. The molecule has 0 saturated carbocycles. The van der Waals surface area contributed by atoms with Crippen LogP contribution in [-0.2, 0) is 22.5 Å². The Balaban J connectivity index is 1.76. The van der Waals surface area contributed by atoms with Crippen LogP contribution in [0.2, 0.25) is 0 Å². The lowest BCUT2D eigenvalue weighted by molar-refractivity contribution is -0.120. The van der Waals surface area contributed by atoms with E-state index in [9.17, 15) is 14.0 Å². The molecule has 2 aromatic carbocycles. The number of rotatable bonds is 8. The van der Waals surface area contributed by atoms with Gasteiger partial charge in [0.25, 0.3) is 0 Å². The van der Waals surface area contributed by atoms with Crippen molar-refractivity contribution in [2.75, 3.05) is 25.6 Å². The number of amides is 3. The van der Waals surface area contributed by atoms with E-state index in [-0.39, 0.29) is 24.2 Å². The van der Waals surface area contributed by atoms with E-state index in [1.165, 1.54) is 12.1 Å². The topological polar surface area (TPSA) is 79.5 Å². The van der Waals surface area contributed by atoms with Gasteiger partial charge in [0.2, 0.25) is 5.91 Å². The van der Waals surface area contributed by atoms with Crippen LogP contribution < -0.4 is 16.0 Å². The molecule has 0 radical (unpaired) electrons. The smallest absolute Gasteiger partial charge is 0.319 e. The number of urea groups is 1. The normalized spacial score (nSPS) is 10.2. The fourth-order valence-electron chi connectivity index (χ4n) is 2.21. The van der Waals surface area contributed by atoms with E-state index in [4.69, 9.17) is 4.74 Å². The highest BCUT2D eigenvalue weighted by Gasteiger charge is 2.05. The van der Waals surface area contributed by atoms with Gasteiger partial charge in [-0.15, -0.1) is 0 Å². The van der Waals surface area contributed by atoms with Crippen LogP contribution in [-0.4, -0.2) is 32.2 Å². The van der Waals surface area contributed by atoms with E-state index in [0.717, 1.165) is 11.1 Å². The van der Waals surface area contributed by atoms with Crippen molar-refractivity contribution in [3.8, 4) is 0 Å². The van der Waals surface area contributed by atoms with E-state index in [2.05, 4.69) is 16.0 Å². The van der Waals surface area contributed by atoms with Crippen LogP contribution in [0, 0.1) is 5.82 Å². The summed E-state index contributed by atoms with van der Waals surface area (Å²) in [5.41, 5.74) is 2.26. The van der Waals surface area contributed by atoms with Gasteiger partial charge >= 0.3 is 6.03 Å². The van der Waals surface area contributed by atoms with Gasteiger partial charge in [0.15, 0.2) is 0 Å². The molecule has 0 fully saturated rings. The Bertz CT molecular complexity index is 718. The number of benzene rings is 2. The van der Waals surface area contributed by atoms with Gasteiger partial charge in [-0.2, -0.15) is 0 Å². The maximum absolute atomic E-state index is 12.8. The minimum absolute atomic E-state index is 0.0835. The van der Waals surface area contributed by atoms with Crippen LogP contribution in [0.1, 0.15) is 11.1 Å². The highest BCUT2D eigenvalue weighted by atomic mass is 19.1. The molecule has 26 heavy (non-hydrogen) atoms. The maximum Gasteiger partial charge on any atom is 0.319 e. The molecule has 0 aliphatic rings. The maximum atomic E-state index is 12.8. The van der Waals surface area contributed by atoms with Gasteiger partial charge in [-0.3, -0.25) is 4.79 Å². The van der Waals surface area contributed by atoms with Gasteiger partial charge in [-0.05, 0) is 35.4 Å². The van der Waals surface area contributed by atoms with Crippen molar-refractivity contribution in [1.82, 2.24) is 10.6 Å². The van der Waals surface area contributed by atoms with Crippen molar-refractivity contribution in [2.24, 2.45) is 0 Å². The van der Waals surface area contributed by atoms with E-state index >= 15 is 0 Å². The van der Waals surface area contributed by atoms with Gasteiger partial charge in [0.1, 0.15) is 5.82 Å². The van der Waals surface area contributed by atoms with Gasteiger partial charge in [-0.25, -0.2) is 9.18 Å². The van der Waals surface area contributed by atoms with Crippen molar-refractivity contribution in [3.05, 3.63) is 65.5 Å². The van der Waals surface area contributed by atoms with Crippen molar-refractivity contribution >= 4 is 17.6 Å². The summed E-state index contributed by atoms with van der Waals surface area (Å²) in [4.78, 5) is 23.6. The van der Waals surface area contributed by atoms with Gasteiger partial charge in [0.05, 0.1) is 13.0 Å². The predicted molar refractivity (Wildman–Crippen MR) is 97.3 cm³/mol. The summed E-state index contributed by atoms with van der Waals surface area (Å²) in [6.45, 7) is 1.25. The molecule has 0 heterocycles. The first kappa shape index (κ1) is 19.4. The third-order valence-electron chi connectivity index (χ3n) is 3.57. The number of halogens is 1. The third kappa shape index (κ3) is 6.90. The van der Waals surface area contributed by atoms with Crippen LogP contribution in [0.4, 0.5) is 14.9 Å². The number of ether oxygens (including phenoxy) is 1. The van der Waals surface area contributed by atoms with E-state index in [1.54, 1.807) is 43.5 Å². The van der Waals surface area contributed by atoms with Crippen LogP contribution >= 0.6 is 0 Å². The summed E-state index contributed by atoms with van der Waals surface area (Å²) in [5.74, 6) is -0.398. The molecule has 138 valence electrons. The lowest BCUT2D eigenvalue weighted by Crippen LogP contribution is -2.28. The first-order valence-electron chi connectivity index (χ1n) is 8.20. The second-order valence-corrected chi connectivity index (χ2v) is 5.65. The molecular weight excluding hydrogens is 337 g/mol. The first-order valence-corrected chi connectivity index (χ1v) is 8.20. The Labute approximate surface area is 151 Å². The SMILES string of the molecule is COCCNC(=O)Cc1ccc(NC(=O)NCc2ccc(F)cc2)cc1. The van der Waals surface area contributed by atoms with Crippen LogP contribution in [0.25, 0.3) is 0 Å². The number of nitrogens with one attached hydrogen (secondary N) is 3. The number of hydrogen-bond donors (Lipinski definition) is 3.